The van der Waals surface area contributed by atoms with Crippen LogP contribution in [0.5, 0.6) is 0 Å². The van der Waals surface area contributed by atoms with E-state index in [0.29, 0.717) is 31.7 Å². The summed E-state index contributed by atoms with van der Waals surface area (Å²) in [5.41, 5.74) is -4.01. The van der Waals surface area contributed by atoms with Gasteiger partial charge >= 0.3 is 5.97 Å². The molecule has 7 bridgehead atoms. The number of carbonyl (C=O) groups is 1. The average molecular weight is 646 g/mol. The summed E-state index contributed by atoms with van der Waals surface area (Å²) in [6, 6.07) is 8.58. The normalized spacial score (nSPS) is 50.1. The summed E-state index contributed by atoms with van der Waals surface area (Å²) in [7, 11) is 8.60. The van der Waals surface area contributed by atoms with Crippen molar-refractivity contribution < 1.29 is 48.5 Å². The van der Waals surface area contributed by atoms with Crippen molar-refractivity contribution in [3.8, 4) is 0 Å². The first kappa shape index (κ1) is 32.9. The van der Waals surface area contributed by atoms with Gasteiger partial charge in [-0.25, -0.2) is 4.79 Å². The van der Waals surface area contributed by atoms with E-state index in [-0.39, 0.29) is 24.3 Å². The molecule has 6 fully saturated rings. The summed E-state index contributed by atoms with van der Waals surface area (Å²) in [6.45, 7) is 3.33. The van der Waals surface area contributed by atoms with Crippen LogP contribution in [0.1, 0.15) is 43.0 Å². The Morgan fingerprint density at radius 1 is 1.02 bits per heavy atom. The molecule has 46 heavy (non-hydrogen) atoms. The first-order valence-corrected chi connectivity index (χ1v) is 16.9. The van der Waals surface area contributed by atoms with Gasteiger partial charge in [0.25, 0.3) is 0 Å². The summed E-state index contributed by atoms with van der Waals surface area (Å²) >= 11 is 0. The second-order valence-corrected chi connectivity index (χ2v) is 14.9. The maximum Gasteiger partial charge on any atom is 0.338 e. The molecule has 256 valence electrons. The number of carbonyl (C=O) groups excluding carboxylic acids is 1. The fraction of sp³-hybridized carbons (Fsp3) is 0.800. The number of unbranched alkanes of at least 4 members (excludes halogenated alkanes) is 1. The quantitative estimate of drug-likeness (QED) is 0.239. The molecule has 0 amide bonds. The minimum absolute atomic E-state index is 0.189. The van der Waals surface area contributed by atoms with Crippen molar-refractivity contribution in [2.45, 2.75) is 86.5 Å². The Morgan fingerprint density at radius 3 is 2.39 bits per heavy atom. The lowest BCUT2D eigenvalue weighted by Gasteiger charge is -2.70. The zero-order valence-electron chi connectivity index (χ0n) is 27.8. The Labute approximate surface area is 271 Å². The lowest BCUT2D eigenvalue weighted by molar-refractivity contribution is -0.329. The van der Waals surface area contributed by atoms with E-state index in [9.17, 15) is 20.1 Å². The highest BCUT2D eigenvalue weighted by Crippen LogP contribution is 2.80. The summed E-state index contributed by atoms with van der Waals surface area (Å²) < 4.78 is 38.4. The molecule has 1 heterocycles. The van der Waals surface area contributed by atoms with Crippen molar-refractivity contribution in [2.75, 3.05) is 55.2 Å². The molecule has 1 aromatic carbocycles. The number of piperidine rings is 1. The van der Waals surface area contributed by atoms with Gasteiger partial charge in [0.15, 0.2) is 0 Å². The van der Waals surface area contributed by atoms with Gasteiger partial charge in [0.2, 0.25) is 0 Å². The summed E-state index contributed by atoms with van der Waals surface area (Å²) in [6.07, 6.45) is -2.77. The van der Waals surface area contributed by atoms with E-state index in [2.05, 4.69) is 18.9 Å². The minimum Gasteiger partial charge on any atom is -0.455 e. The van der Waals surface area contributed by atoms with Crippen molar-refractivity contribution in [2.24, 2.45) is 34.5 Å². The number of rotatable bonds is 11. The molecule has 1 aliphatic heterocycles. The Bertz CT molecular complexity index is 1300. The van der Waals surface area contributed by atoms with E-state index in [0.717, 1.165) is 12.8 Å². The molecule has 5 saturated carbocycles. The topological polar surface area (TPSA) is 136 Å². The zero-order valence-corrected chi connectivity index (χ0v) is 27.8. The number of benzene rings is 1. The third kappa shape index (κ3) is 3.78. The van der Waals surface area contributed by atoms with Gasteiger partial charge in [0, 0.05) is 82.6 Å². The smallest absolute Gasteiger partial charge is 0.338 e. The molecule has 6 aliphatic rings. The van der Waals surface area contributed by atoms with Gasteiger partial charge < -0.3 is 48.6 Å². The van der Waals surface area contributed by atoms with Crippen LogP contribution in [0.4, 0.5) is 0 Å². The van der Waals surface area contributed by atoms with Crippen LogP contribution in [0, 0.1) is 34.5 Å². The first-order chi connectivity index (χ1) is 22.1. The van der Waals surface area contributed by atoms with Gasteiger partial charge in [-0.1, -0.05) is 31.5 Å². The fourth-order valence-electron chi connectivity index (χ4n) is 12.4. The first-order valence-electron chi connectivity index (χ1n) is 16.9. The molecule has 11 nitrogen and oxygen atoms in total. The molecule has 7 rings (SSSR count). The van der Waals surface area contributed by atoms with Crippen molar-refractivity contribution >= 4 is 5.97 Å². The van der Waals surface area contributed by atoms with Crippen LogP contribution in [0.3, 0.4) is 0 Å². The van der Waals surface area contributed by atoms with Gasteiger partial charge in [-0.15, -0.1) is 0 Å². The molecular formula is C35H51NO10. The molecule has 3 N–H and O–H groups in total. The van der Waals surface area contributed by atoms with E-state index in [4.69, 9.17) is 28.4 Å². The van der Waals surface area contributed by atoms with Gasteiger partial charge in [-0.05, 0) is 37.9 Å². The number of fused-ring (bicyclic) bond motifs is 2. The SMILES string of the molecule is CCCCO[C@]12[C@H]3[C@@H](OC(=O)c4ccccc4)[C@](O)(C[C@H]3[C@@]34C5[C@@H]1[C@H](OC)[C@@H]3[C@](COC)(CN5C)[C@H](O)C[C@@H]4OC)[C@@H](OC)[C@@H]2O. The van der Waals surface area contributed by atoms with Gasteiger partial charge in [0.1, 0.15) is 29.5 Å². The van der Waals surface area contributed by atoms with Crippen LogP contribution < -0.4 is 0 Å². The number of hydrogen-bond acceptors (Lipinski definition) is 11. The molecule has 5 aliphatic carbocycles. The lowest BCUT2D eigenvalue weighted by atomic mass is 9.42. The summed E-state index contributed by atoms with van der Waals surface area (Å²) in [5.74, 6) is -2.18. The second-order valence-electron chi connectivity index (χ2n) is 14.9. The lowest BCUT2D eigenvalue weighted by Crippen LogP contribution is -2.81. The predicted molar refractivity (Wildman–Crippen MR) is 165 cm³/mol. The highest BCUT2D eigenvalue weighted by atomic mass is 16.6. The van der Waals surface area contributed by atoms with Crippen LogP contribution in [0.25, 0.3) is 0 Å². The zero-order chi connectivity index (χ0) is 32.8. The van der Waals surface area contributed by atoms with Crippen LogP contribution in [0.15, 0.2) is 30.3 Å². The van der Waals surface area contributed by atoms with Crippen molar-refractivity contribution in [1.82, 2.24) is 4.90 Å². The molecule has 0 radical (unpaired) electrons. The third-order valence-electron chi connectivity index (χ3n) is 13.4. The Balaban J connectivity index is 1.50. The molecule has 1 spiro atoms. The van der Waals surface area contributed by atoms with E-state index in [1.54, 1.807) is 45.6 Å². The molecule has 0 aromatic heterocycles. The maximum absolute atomic E-state index is 13.8. The molecule has 1 unspecified atom stereocenters. The average Bonchev–Trinajstić information content (AvgIpc) is 3.43. The van der Waals surface area contributed by atoms with Gasteiger partial charge in [-0.2, -0.15) is 0 Å². The predicted octanol–water partition coefficient (Wildman–Crippen LogP) is 1.51. The number of aliphatic hydroxyl groups is 3. The molecule has 1 aromatic rings. The van der Waals surface area contributed by atoms with Crippen LogP contribution in [0.2, 0.25) is 0 Å². The van der Waals surface area contributed by atoms with Gasteiger partial charge in [-0.3, -0.25) is 0 Å². The van der Waals surface area contributed by atoms with E-state index in [1.165, 1.54) is 7.11 Å². The monoisotopic (exact) mass is 645 g/mol. The number of nitrogens with zero attached hydrogens (tertiary/aromatic N) is 1. The van der Waals surface area contributed by atoms with E-state index >= 15 is 0 Å². The van der Waals surface area contributed by atoms with Gasteiger partial charge in [0.05, 0.1) is 30.5 Å². The number of likely N-dealkylation sites (tertiary alicyclic amines) is 1. The second kappa shape index (κ2) is 11.5. The largest absolute Gasteiger partial charge is 0.455 e. The molecule has 1 saturated heterocycles. The van der Waals surface area contributed by atoms with Crippen LogP contribution >= 0.6 is 0 Å². The van der Waals surface area contributed by atoms with Crippen LogP contribution in [-0.2, 0) is 28.4 Å². The standard InChI is InChI=1S/C35H51NO10/c1-7-8-14-45-35-23-20(16-33(40,30(44-6)28(35)38)29(23)46-31(39)19-12-10-9-11-13-19)34-22(42-4)15-21(37)32(18-41-3)17-36(2)27(34)24(35)25(43-5)26(32)34/h9-13,20-30,37-38,40H,7-8,14-18H2,1-6H3/t20-,21-,22+,23-,24+,25+,26-,27?,28+,29-,30+,32+,33-,34+,35-/m1/s1. The number of ether oxygens (including phenoxy) is 6. The summed E-state index contributed by atoms with van der Waals surface area (Å²) in [4.78, 5) is 16.1. The molecule has 15 atom stereocenters. The molecular weight excluding hydrogens is 594 g/mol. The molecule has 11 heteroatoms. The number of methoxy groups -OCH3 is 4. The van der Waals surface area contributed by atoms with Crippen LogP contribution in [-0.4, -0.2) is 135 Å². The Hall–Kier alpha value is -1.67. The van der Waals surface area contributed by atoms with Crippen molar-refractivity contribution in [3.05, 3.63) is 35.9 Å². The number of esters is 1. The minimum atomic E-state index is -1.71. The maximum atomic E-state index is 13.8. The third-order valence-corrected chi connectivity index (χ3v) is 13.4. The summed E-state index contributed by atoms with van der Waals surface area (Å²) in [5, 5.41) is 37.5. The van der Waals surface area contributed by atoms with E-state index < -0.39 is 76.5 Å². The Morgan fingerprint density at radius 2 is 1.76 bits per heavy atom. The van der Waals surface area contributed by atoms with Crippen molar-refractivity contribution in [1.29, 1.82) is 0 Å². The van der Waals surface area contributed by atoms with E-state index in [1.807, 2.05) is 6.07 Å². The Kier molecular flexibility index (Phi) is 8.18. The number of hydrogen-bond donors (Lipinski definition) is 3. The fourth-order valence-corrected chi connectivity index (χ4v) is 12.4. The number of aliphatic hydroxyl groups excluding tert-OH is 2. The highest BCUT2D eigenvalue weighted by molar-refractivity contribution is 5.89. The van der Waals surface area contributed by atoms with Crippen molar-refractivity contribution in [3.63, 3.8) is 0 Å². The highest BCUT2D eigenvalue weighted by Gasteiger charge is 2.91.